The van der Waals surface area contributed by atoms with Gasteiger partial charge in [0, 0.05) is 55.0 Å². The number of allylic oxidation sites excluding steroid dienone is 1. The third-order valence-corrected chi connectivity index (χ3v) is 2.74. The van der Waals surface area contributed by atoms with Crippen LogP contribution >= 0.6 is 0 Å². The van der Waals surface area contributed by atoms with Crippen LogP contribution in [0, 0.1) is 23.7 Å². The smallest absolute Gasteiger partial charge is 0.850 e. The summed E-state index contributed by atoms with van der Waals surface area (Å²) in [7, 11) is 6.09. The third kappa shape index (κ3) is 45.9. The SMILES string of the molecule is C1CCOC1.C=CC#CC(OC)OC.CC(C)(C)[O-].COC(C#CCCOC(C)=O)OC.[K+]. The van der Waals surface area contributed by atoms with Gasteiger partial charge in [0.25, 0.3) is 0 Å². The van der Waals surface area contributed by atoms with Crippen LogP contribution in [0.3, 0.4) is 0 Å². The summed E-state index contributed by atoms with van der Waals surface area (Å²) in [6.07, 6.45) is 3.61. The number of hydrogen-bond donors (Lipinski definition) is 0. The number of hydrogen-bond acceptors (Lipinski definition) is 8. The number of rotatable bonds is 6. The Bertz CT molecular complexity index is 541. The molecule has 9 heteroatoms. The molecule has 0 radical (unpaired) electrons. The van der Waals surface area contributed by atoms with E-state index in [9.17, 15) is 9.90 Å². The predicted molar refractivity (Wildman–Crippen MR) is 122 cm³/mol. The molecule has 1 aliphatic rings. The van der Waals surface area contributed by atoms with Crippen LogP contribution in [0.15, 0.2) is 12.7 Å². The topological polar surface area (TPSA) is 95.5 Å². The van der Waals surface area contributed by atoms with Crippen LogP contribution in [0.1, 0.15) is 47.0 Å². The van der Waals surface area contributed by atoms with Gasteiger partial charge in [-0.25, -0.2) is 0 Å². The van der Waals surface area contributed by atoms with E-state index in [1.807, 2.05) is 0 Å². The van der Waals surface area contributed by atoms with E-state index in [2.05, 4.69) is 35.0 Å². The first-order valence-corrected chi connectivity index (χ1v) is 10.2. The van der Waals surface area contributed by atoms with Crippen molar-refractivity contribution in [1.82, 2.24) is 0 Å². The van der Waals surface area contributed by atoms with Crippen LogP contribution < -0.4 is 56.5 Å². The van der Waals surface area contributed by atoms with E-state index < -0.39 is 18.2 Å². The number of carbonyl (C=O) groups is 1. The molecular weight excluding hydrogens is 455 g/mol. The summed E-state index contributed by atoms with van der Waals surface area (Å²) < 4.78 is 28.8. The molecule has 1 rings (SSSR count). The van der Waals surface area contributed by atoms with Crippen LogP contribution in [-0.2, 0) is 33.2 Å². The second-order valence-corrected chi connectivity index (χ2v) is 6.94. The van der Waals surface area contributed by atoms with Gasteiger partial charge in [-0.1, -0.05) is 39.2 Å². The van der Waals surface area contributed by atoms with Gasteiger partial charge in [-0.2, -0.15) is 0 Å². The van der Waals surface area contributed by atoms with E-state index in [0.717, 1.165) is 13.2 Å². The van der Waals surface area contributed by atoms with Crippen LogP contribution in [0.4, 0.5) is 0 Å². The Hall–Kier alpha value is -0.274. The molecule has 0 spiro atoms. The normalized spacial score (nSPS) is 11.4. The molecule has 0 aromatic carbocycles. The number of carbonyl (C=O) groups excluding carboxylic acids is 1. The number of esters is 1. The monoisotopic (exact) mass is 496 g/mol. The Morgan fingerprint density at radius 3 is 1.76 bits per heavy atom. The summed E-state index contributed by atoms with van der Waals surface area (Å²) in [5.41, 5.74) is -0.750. The van der Waals surface area contributed by atoms with E-state index >= 15 is 0 Å². The van der Waals surface area contributed by atoms with E-state index in [1.54, 1.807) is 20.8 Å². The van der Waals surface area contributed by atoms with Crippen molar-refractivity contribution in [2.45, 2.75) is 65.1 Å². The van der Waals surface area contributed by atoms with Gasteiger partial charge in [-0.3, -0.25) is 4.79 Å². The van der Waals surface area contributed by atoms with Crippen LogP contribution in [-0.4, -0.2) is 72.4 Å². The fourth-order valence-corrected chi connectivity index (χ4v) is 1.47. The zero-order chi connectivity index (χ0) is 25.3. The van der Waals surface area contributed by atoms with Gasteiger partial charge < -0.3 is 33.5 Å². The van der Waals surface area contributed by atoms with Gasteiger partial charge in [0.1, 0.15) is 6.61 Å². The minimum absolute atomic E-state index is 0. The Morgan fingerprint density at radius 2 is 1.45 bits per heavy atom. The Kier molecular flexibility index (Phi) is 36.0. The second kappa shape index (κ2) is 29.8. The van der Waals surface area contributed by atoms with E-state index in [-0.39, 0.29) is 57.4 Å². The summed E-state index contributed by atoms with van der Waals surface area (Å²) in [6.45, 7) is 12.0. The average Bonchev–Trinajstić information content (AvgIpc) is 3.31. The predicted octanol–water partition coefficient (Wildman–Crippen LogP) is -0.697. The summed E-state index contributed by atoms with van der Waals surface area (Å²) in [5.74, 6) is 10.4. The first-order chi connectivity index (χ1) is 15.0. The molecule has 1 fully saturated rings. The van der Waals surface area contributed by atoms with Crippen molar-refractivity contribution in [1.29, 1.82) is 0 Å². The van der Waals surface area contributed by atoms with Crippen molar-refractivity contribution >= 4 is 5.97 Å². The quantitative estimate of drug-likeness (QED) is 0.157. The maximum Gasteiger partial charge on any atom is 1.00 e. The molecular formula is C24H41KO8. The van der Waals surface area contributed by atoms with Gasteiger partial charge in [-0.15, -0.1) is 5.60 Å². The van der Waals surface area contributed by atoms with Gasteiger partial charge in [0.05, 0.1) is 0 Å². The molecule has 186 valence electrons. The Balaban J connectivity index is -0.000000182. The molecule has 0 bridgehead atoms. The third-order valence-electron chi connectivity index (χ3n) is 2.74. The average molecular weight is 497 g/mol. The fourth-order valence-electron chi connectivity index (χ4n) is 1.47. The first-order valence-electron chi connectivity index (χ1n) is 10.2. The molecule has 1 aliphatic heterocycles. The second-order valence-electron chi connectivity index (χ2n) is 6.94. The van der Waals surface area contributed by atoms with Gasteiger partial charge in [0.15, 0.2) is 0 Å². The summed E-state index contributed by atoms with van der Waals surface area (Å²) in [5, 5.41) is 10.1. The molecule has 0 aromatic rings. The van der Waals surface area contributed by atoms with E-state index in [4.69, 9.17) is 23.7 Å². The number of ether oxygens (including phenoxy) is 6. The van der Waals surface area contributed by atoms with Crippen molar-refractivity contribution < 1.29 is 89.7 Å². The molecule has 8 nitrogen and oxygen atoms in total. The van der Waals surface area contributed by atoms with Crippen LogP contribution in [0.25, 0.3) is 0 Å². The molecule has 33 heavy (non-hydrogen) atoms. The fraction of sp³-hybridized carbons (Fsp3) is 0.708. The molecule has 1 saturated heterocycles. The van der Waals surface area contributed by atoms with Crippen molar-refractivity contribution in [3.8, 4) is 23.7 Å². The summed E-state index contributed by atoms with van der Waals surface area (Å²) >= 11 is 0. The van der Waals surface area contributed by atoms with Gasteiger partial charge in [-0.05, 0) is 30.8 Å². The van der Waals surface area contributed by atoms with Crippen molar-refractivity contribution in [3.05, 3.63) is 12.7 Å². The first kappa shape index (κ1) is 39.9. The minimum atomic E-state index is -0.750. The molecule has 0 N–H and O–H groups in total. The van der Waals surface area contributed by atoms with Crippen LogP contribution in [0.2, 0.25) is 0 Å². The summed E-state index contributed by atoms with van der Waals surface area (Å²) in [4.78, 5) is 10.3. The molecule has 0 aromatic heterocycles. The van der Waals surface area contributed by atoms with Crippen molar-refractivity contribution in [2.24, 2.45) is 0 Å². The van der Waals surface area contributed by atoms with Gasteiger partial charge in [0.2, 0.25) is 12.6 Å². The molecule has 0 amide bonds. The molecule has 0 aliphatic carbocycles. The standard InChI is InChI=1S/C9H14O4.C7H10O2.C4H8O.C4H9O.K/c1-8(10)13-7-5-4-6-9(11-2)12-3;1-4-5-6-7(8-2)9-3;1-2-4-5-3-1;1-4(2,3)5;/h9H,5,7H2,1-3H3;4,7H,1H2,2-3H3;1-4H2;1-3H3;/q;;;-1;+1. The van der Waals surface area contributed by atoms with Gasteiger partial charge >= 0.3 is 57.4 Å². The molecule has 1 heterocycles. The molecule has 0 atom stereocenters. The van der Waals surface area contributed by atoms with Crippen molar-refractivity contribution in [2.75, 3.05) is 48.3 Å². The Morgan fingerprint density at radius 1 is 1.03 bits per heavy atom. The molecule has 0 unspecified atom stereocenters. The zero-order valence-corrected chi connectivity index (χ0v) is 25.1. The zero-order valence-electron chi connectivity index (χ0n) is 21.9. The van der Waals surface area contributed by atoms with Crippen molar-refractivity contribution in [3.63, 3.8) is 0 Å². The minimum Gasteiger partial charge on any atom is -0.850 e. The largest absolute Gasteiger partial charge is 1.00 e. The van der Waals surface area contributed by atoms with E-state index in [1.165, 1.54) is 54.3 Å². The van der Waals surface area contributed by atoms with E-state index in [0.29, 0.717) is 13.0 Å². The Labute approximate surface area is 243 Å². The maximum atomic E-state index is 10.3. The number of methoxy groups -OCH3 is 4. The van der Waals surface area contributed by atoms with Crippen LogP contribution in [0.5, 0.6) is 0 Å². The maximum absolute atomic E-state index is 10.3. The molecule has 0 saturated carbocycles. The summed E-state index contributed by atoms with van der Waals surface area (Å²) in [6, 6.07) is 0.